The van der Waals surface area contributed by atoms with Crippen molar-refractivity contribution in [2.24, 2.45) is 5.92 Å². The molecule has 2 aromatic carbocycles. The van der Waals surface area contributed by atoms with Gasteiger partial charge in [-0.3, -0.25) is 4.79 Å². The van der Waals surface area contributed by atoms with Crippen LogP contribution in [0.2, 0.25) is 0 Å². The average molecular weight is 288 g/mol. The summed E-state index contributed by atoms with van der Waals surface area (Å²) in [6, 6.07) is 14.5. The first kappa shape index (κ1) is 14.5. The first-order valence-electron chi connectivity index (χ1n) is 7.84. The van der Waals surface area contributed by atoms with Crippen molar-refractivity contribution < 1.29 is 4.79 Å². The topological polar surface area (TPSA) is 17.1 Å². The number of fused-ring (bicyclic) bond motifs is 1. The largest absolute Gasteiger partial charge is 0.295 e. The number of rotatable bonds is 5. The number of ketones is 1. The van der Waals surface area contributed by atoms with E-state index in [0.29, 0.717) is 12.3 Å². The quantitative estimate of drug-likeness (QED) is 0.679. The molecule has 0 aromatic heterocycles. The molecule has 1 aliphatic carbocycles. The fourth-order valence-electron chi connectivity index (χ4n) is 2.76. The lowest BCUT2D eigenvalue weighted by Crippen LogP contribution is -2.01. The summed E-state index contributed by atoms with van der Waals surface area (Å²) in [4.78, 5) is 12.0. The molecule has 1 atom stereocenters. The van der Waals surface area contributed by atoms with E-state index >= 15 is 0 Å². The predicted molar refractivity (Wildman–Crippen MR) is 93.6 cm³/mol. The summed E-state index contributed by atoms with van der Waals surface area (Å²) in [7, 11) is 0. The van der Waals surface area contributed by atoms with E-state index in [9.17, 15) is 4.79 Å². The lowest BCUT2D eigenvalue weighted by Gasteiger charge is -2.10. The van der Waals surface area contributed by atoms with Crippen LogP contribution in [0.15, 0.2) is 72.8 Å². The van der Waals surface area contributed by atoms with Crippen molar-refractivity contribution in [3.05, 3.63) is 78.4 Å². The minimum atomic E-state index is 0.205. The number of carbonyl (C=O) groups excluding carboxylic acids is 1. The average Bonchev–Trinajstić information content (AvgIpc) is 2.59. The Bertz CT molecular complexity index is 749. The molecule has 0 fully saturated rings. The van der Waals surface area contributed by atoms with Gasteiger partial charge in [0.25, 0.3) is 0 Å². The van der Waals surface area contributed by atoms with Crippen LogP contribution in [-0.4, -0.2) is 5.78 Å². The van der Waals surface area contributed by atoms with Crippen LogP contribution in [0, 0.1) is 5.92 Å². The molecule has 0 N–H and O–H groups in total. The van der Waals surface area contributed by atoms with Gasteiger partial charge in [-0.05, 0) is 47.2 Å². The van der Waals surface area contributed by atoms with E-state index < -0.39 is 0 Å². The molecule has 0 saturated heterocycles. The number of benzene rings is 2. The van der Waals surface area contributed by atoms with Gasteiger partial charge >= 0.3 is 0 Å². The van der Waals surface area contributed by atoms with Crippen molar-refractivity contribution in [1.29, 1.82) is 0 Å². The van der Waals surface area contributed by atoms with Crippen LogP contribution in [-0.2, 0) is 4.79 Å². The standard InChI is InChI=1S/C21H20O/c22-21(14-11-17-6-2-1-3-7-17)15-12-18-10-13-19-8-4-5-9-20(19)16-18/h1-6,8-10,12-13,15-17H,7,11,14H2/b15-12+. The summed E-state index contributed by atoms with van der Waals surface area (Å²) in [5.41, 5.74) is 1.08. The zero-order valence-corrected chi connectivity index (χ0v) is 12.6. The molecule has 0 amide bonds. The Morgan fingerprint density at radius 3 is 2.77 bits per heavy atom. The van der Waals surface area contributed by atoms with Crippen molar-refractivity contribution in [2.75, 3.05) is 0 Å². The fourth-order valence-corrected chi connectivity index (χ4v) is 2.76. The van der Waals surface area contributed by atoms with Gasteiger partial charge in [0.1, 0.15) is 0 Å². The highest BCUT2D eigenvalue weighted by molar-refractivity contribution is 5.94. The molecule has 1 heteroatoms. The van der Waals surface area contributed by atoms with Crippen molar-refractivity contribution in [3.63, 3.8) is 0 Å². The van der Waals surface area contributed by atoms with E-state index in [-0.39, 0.29) is 5.78 Å². The molecule has 110 valence electrons. The molecule has 0 bridgehead atoms. The van der Waals surface area contributed by atoms with Crippen LogP contribution in [0.5, 0.6) is 0 Å². The highest BCUT2D eigenvalue weighted by atomic mass is 16.1. The molecule has 1 unspecified atom stereocenters. The normalized spacial score (nSPS) is 17.4. The fraction of sp³-hybridized carbons (Fsp3) is 0.190. The molecule has 0 spiro atoms. The molecular formula is C21H20O. The van der Waals surface area contributed by atoms with Crippen molar-refractivity contribution in [1.82, 2.24) is 0 Å². The summed E-state index contributed by atoms with van der Waals surface area (Å²) in [6.07, 6.45) is 14.7. The van der Waals surface area contributed by atoms with Gasteiger partial charge in [-0.1, -0.05) is 66.8 Å². The number of allylic oxidation sites excluding steroid dienone is 5. The maximum atomic E-state index is 12.0. The Kier molecular flexibility index (Phi) is 4.65. The second-order valence-corrected chi connectivity index (χ2v) is 5.75. The van der Waals surface area contributed by atoms with E-state index in [0.717, 1.165) is 18.4 Å². The van der Waals surface area contributed by atoms with Gasteiger partial charge < -0.3 is 0 Å². The summed E-state index contributed by atoms with van der Waals surface area (Å²) in [6.45, 7) is 0. The summed E-state index contributed by atoms with van der Waals surface area (Å²) in [5, 5.41) is 2.43. The highest BCUT2D eigenvalue weighted by Gasteiger charge is 2.07. The third-order valence-electron chi connectivity index (χ3n) is 4.07. The maximum Gasteiger partial charge on any atom is 0.155 e. The van der Waals surface area contributed by atoms with Crippen molar-refractivity contribution in [2.45, 2.75) is 19.3 Å². The van der Waals surface area contributed by atoms with Gasteiger partial charge in [0.15, 0.2) is 5.78 Å². The first-order chi connectivity index (χ1) is 10.8. The van der Waals surface area contributed by atoms with Gasteiger partial charge in [0.05, 0.1) is 0 Å². The zero-order chi connectivity index (χ0) is 15.2. The van der Waals surface area contributed by atoms with Crippen LogP contribution in [0.4, 0.5) is 0 Å². The third-order valence-corrected chi connectivity index (χ3v) is 4.07. The van der Waals surface area contributed by atoms with E-state index in [1.165, 1.54) is 10.8 Å². The highest BCUT2D eigenvalue weighted by Crippen LogP contribution is 2.19. The minimum absolute atomic E-state index is 0.205. The summed E-state index contributed by atoms with van der Waals surface area (Å²) in [5.74, 6) is 0.721. The molecule has 0 aliphatic heterocycles. The monoisotopic (exact) mass is 288 g/mol. The first-order valence-corrected chi connectivity index (χ1v) is 7.84. The van der Waals surface area contributed by atoms with Crippen molar-refractivity contribution >= 4 is 22.6 Å². The third kappa shape index (κ3) is 3.82. The van der Waals surface area contributed by atoms with E-state index in [4.69, 9.17) is 0 Å². The Morgan fingerprint density at radius 1 is 1.09 bits per heavy atom. The van der Waals surface area contributed by atoms with Crippen LogP contribution < -0.4 is 0 Å². The van der Waals surface area contributed by atoms with Gasteiger partial charge in [-0.15, -0.1) is 0 Å². The smallest absolute Gasteiger partial charge is 0.155 e. The Balaban J connectivity index is 1.58. The minimum Gasteiger partial charge on any atom is -0.295 e. The van der Waals surface area contributed by atoms with Gasteiger partial charge in [-0.2, -0.15) is 0 Å². The molecule has 2 aromatic rings. The van der Waals surface area contributed by atoms with Crippen molar-refractivity contribution in [3.8, 4) is 0 Å². The number of hydrogen-bond acceptors (Lipinski definition) is 1. The Labute approximate surface area is 131 Å². The van der Waals surface area contributed by atoms with Crippen LogP contribution in [0.25, 0.3) is 16.8 Å². The van der Waals surface area contributed by atoms with Crippen LogP contribution in [0.1, 0.15) is 24.8 Å². The predicted octanol–water partition coefficient (Wildman–Crippen LogP) is 5.33. The van der Waals surface area contributed by atoms with E-state index in [1.54, 1.807) is 6.08 Å². The molecule has 0 heterocycles. The van der Waals surface area contributed by atoms with Gasteiger partial charge in [-0.25, -0.2) is 0 Å². The van der Waals surface area contributed by atoms with Gasteiger partial charge in [0.2, 0.25) is 0 Å². The molecule has 0 radical (unpaired) electrons. The lowest BCUT2D eigenvalue weighted by molar-refractivity contribution is -0.114. The molecule has 22 heavy (non-hydrogen) atoms. The molecule has 1 nitrogen and oxygen atoms in total. The van der Waals surface area contributed by atoms with Gasteiger partial charge in [0, 0.05) is 6.42 Å². The molecule has 1 aliphatic rings. The number of carbonyl (C=O) groups is 1. The Morgan fingerprint density at radius 2 is 1.95 bits per heavy atom. The molecule has 0 saturated carbocycles. The number of hydrogen-bond donors (Lipinski definition) is 0. The lowest BCUT2D eigenvalue weighted by atomic mass is 9.94. The van der Waals surface area contributed by atoms with Crippen LogP contribution in [0.3, 0.4) is 0 Å². The summed E-state index contributed by atoms with van der Waals surface area (Å²) >= 11 is 0. The Hall–Kier alpha value is -2.41. The maximum absolute atomic E-state index is 12.0. The molecule has 3 rings (SSSR count). The molecular weight excluding hydrogens is 268 g/mol. The summed E-state index contributed by atoms with van der Waals surface area (Å²) < 4.78 is 0. The van der Waals surface area contributed by atoms with Crippen LogP contribution >= 0.6 is 0 Å². The zero-order valence-electron chi connectivity index (χ0n) is 12.6. The SMILES string of the molecule is O=C(/C=C/c1ccc2ccccc2c1)CCC1C=CC=CC1. The second kappa shape index (κ2) is 7.04. The van der Waals surface area contributed by atoms with E-state index in [2.05, 4.69) is 54.6 Å². The van der Waals surface area contributed by atoms with E-state index in [1.807, 2.05) is 18.2 Å². The second-order valence-electron chi connectivity index (χ2n) is 5.75.